The number of alkyl carbamates (subject to hydrolysis) is 1. The van der Waals surface area contributed by atoms with Crippen molar-refractivity contribution in [1.82, 2.24) is 15.1 Å². The maximum atomic E-state index is 14.0. The van der Waals surface area contributed by atoms with Gasteiger partial charge in [0.2, 0.25) is 5.91 Å². The minimum atomic E-state index is -0.627. The van der Waals surface area contributed by atoms with Gasteiger partial charge in [0.25, 0.3) is 5.91 Å². The molecule has 2 aliphatic rings. The fourth-order valence-corrected chi connectivity index (χ4v) is 5.36. The number of nitrogens with one attached hydrogen (secondary N) is 3. The van der Waals surface area contributed by atoms with Crippen LogP contribution in [-0.4, -0.2) is 80.1 Å². The van der Waals surface area contributed by atoms with E-state index in [4.69, 9.17) is 4.74 Å². The summed E-state index contributed by atoms with van der Waals surface area (Å²) in [5.74, 6) is -0.811. The van der Waals surface area contributed by atoms with E-state index in [1.54, 1.807) is 38.8 Å². The van der Waals surface area contributed by atoms with Crippen molar-refractivity contribution >= 4 is 46.2 Å². The second kappa shape index (κ2) is 13.7. The van der Waals surface area contributed by atoms with Gasteiger partial charge in [-0.1, -0.05) is 18.2 Å². The SMILES string of the molecule is CN1CCN(CC(=O)N(C)c2ccc(NC(=C3C(=O)Nc4cc(F)ccc43)c3cccc(CNC(=O)OC(C)(C)C)c3)cc2)CC1. The van der Waals surface area contributed by atoms with Crippen molar-refractivity contribution < 1.29 is 23.5 Å². The van der Waals surface area contributed by atoms with Crippen molar-refractivity contribution in [2.24, 2.45) is 0 Å². The van der Waals surface area contributed by atoms with Crippen LogP contribution in [-0.2, 0) is 20.9 Å². The summed E-state index contributed by atoms with van der Waals surface area (Å²) in [7, 11) is 3.85. The lowest BCUT2D eigenvalue weighted by molar-refractivity contribution is -0.119. The molecule has 242 valence electrons. The minimum absolute atomic E-state index is 0.0105. The van der Waals surface area contributed by atoms with Gasteiger partial charge < -0.3 is 30.5 Å². The lowest BCUT2D eigenvalue weighted by atomic mass is 9.98. The molecule has 3 N–H and O–H groups in total. The number of halogens is 1. The largest absolute Gasteiger partial charge is 0.444 e. The van der Waals surface area contributed by atoms with Gasteiger partial charge in [-0.15, -0.1) is 0 Å². The lowest BCUT2D eigenvalue weighted by Crippen LogP contribution is -2.48. The number of hydrogen-bond donors (Lipinski definition) is 3. The first-order valence-electron chi connectivity index (χ1n) is 15.3. The molecule has 3 amide bonds. The number of fused-ring (bicyclic) bond motifs is 1. The molecule has 11 heteroatoms. The van der Waals surface area contributed by atoms with Crippen molar-refractivity contribution in [1.29, 1.82) is 0 Å². The molecule has 3 aromatic rings. The Kier molecular flexibility index (Phi) is 9.74. The maximum Gasteiger partial charge on any atom is 0.407 e. The zero-order valence-corrected chi connectivity index (χ0v) is 26.9. The van der Waals surface area contributed by atoms with E-state index in [1.165, 1.54) is 12.1 Å². The van der Waals surface area contributed by atoms with E-state index >= 15 is 0 Å². The number of nitrogens with zero attached hydrogens (tertiary/aromatic N) is 3. The summed E-state index contributed by atoms with van der Waals surface area (Å²) < 4.78 is 19.4. The van der Waals surface area contributed by atoms with Gasteiger partial charge in [0.1, 0.15) is 11.4 Å². The van der Waals surface area contributed by atoms with Gasteiger partial charge in [-0.05, 0) is 87.5 Å². The standard InChI is InChI=1S/C35H41FN6O4/c1-35(2,3)46-34(45)37-21-23-7-6-8-24(19-23)32(31-28-14-9-25(36)20-29(28)39-33(31)44)38-26-10-12-27(13-11-26)41(5)30(43)22-42-17-15-40(4)16-18-42/h6-14,19-20,38H,15-18,21-22H2,1-5H3,(H,37,45)(H,39,44). The Morgan fingerprint density at radius 2 is 1.72 bits per heavy atom. The molecule has 0 spiro atoms. The van der Waals surface area contributed by atoms with Crippen molar-refractivity contribution in [2.45, 2.75) is 32.9 Å². The summed E-state index contributed by atoms with van der Waals surface area (Å²) in [5.41, 5.74) is 4.10. The molecule has 0 bridgehead atoms. The number of ether oxygens (including phenoxy) is 1. The number of hydrogen-bond acceptors (Lipinski definition) is 7. The van der Waals surface area contributed by atoms with E-state index in [9.17, 15) is 18.8 Å². The second-order valence-electron chi connectivity index (χ2n) is 12.7. The summed E-state index contributed by atoms with van der Waals surface area (Å²) in [6.45, 7) is 9.55. The Balaban J connectivity index is 1.40. The highest BCUT2D eigenvalue weighted by molar-refractivity contribution is 6.37. The molecule has 0 radical (unpaired) electrons. The quantitative estimate of drug-likeness (QED) is 0.302. The van der Waals surface area contributed by atoms with Gasteiger partial charge in [0.05, 0.1) is 23.5 Å². The molecule has 10 nitrogen and oxygen atoms in total. The maximum absolute atomic E-state index is 14.0. The number of likely N-dealkylation sites (N-methyl/N-ethyl adjacent to an activating group) is 2. The first-order valence-corrected chi connectivity index (χ1v) is 15.3. The van der Waals surface area contributed by atoms with E-state index in [2.05, 4.69) is 32.8 Å². The number of carbonyl (C=O) groups is 3. The third-order valence-corrected chi connectivity index (χ3v) is 7.88. The molecule has 3 aromatic carbocycles. The average molecular weight is 629 g/mol. The van der Waals surface area contributed by atoms with Crippen LogP contribution in [0.25, 0.3) is 11.3 Å². The summed E-state index contributed by atoms with van der Waals surface area (Å²) in [5, 5.41) is 8.95. The Morgan fingerprint density at radius 3 is 2.41 bits per heavy atom. The number of benzene rings is 3. The van der Waals surface area contributed by atoms with Crippen LogP contribution in [0.1, 0.15) is 37.5 Å². The van der Waals surface area contributed by atoms with Crippen molar-refractivity contribution in [3.8, 4) is 0 Å². The summed E-state index contributed by atoms with van der Waals surface area (Å²) in [6, 6.07) is 19.0. The van der Waals surface area contributed by atoms with E-state index in [1.807, 2.05) is 48.5 Å². The zero-order chi connectivity index (χ0) is 33.0. The van der Waals surface area contributed by atoms with E-state index in [0.29, 0.717) is 40.3 Å². The molecule has 0 aliphatic carbocycles. The fourth-order valence-electron chi connectivity index (χ4n) is 5.36. The molecular weight excluding hydrogens is 587 g/mol. The monoisotopic (exact) mass is 628 g/mol. The highest BCUT2D eigenvalue weighted by atomic mass is 19.1. The van der Waals surface area contributed by atoms with Crippen LogP contribution in [0.15, 0.2) is 66.7 Å². The van der Waals surface area contributed by atoms with E-state index < -0.39 is 17.5 Å². The zero-order valence-electron chi connectivity index (χ0n) is 26.9. The third-order valence-electron chi connectivity index (χ3n) is 7.88. The van der Waals surface area contributed by atoms with Gasteiger partial charge in [-0.25, -0.2) is 9.18 Å². The van der Waals surface area contributed by atoms with Crippen LogP contribution < -0.4 is 20.9 Å². The van der Waals surface area contributed by atoms with Crippen LogP contribution in [0.3, 0.4) is 0 Å². The van der Waals surface area contributed by atoms with Crippen molar-refractivity contribution in [3.05, 3.63) is 89.2 Å². The summed E-state index contributed by atoms with van der Waals surface area (Å²) in [4.78, 5) is 44.7. The number of piperazine rings is 1. The lowest BCUT2D eigenvalue weighted by Gasteiger charge is -2.32. The molecule has 2 heterocycles. The molecule has 0 saturated carbocycles. The Hall–Kier alpha value is -4.74. The van der Waals surface area contributed by atoms with Gasteiger partial charge in [0, 0.05) is 56.7 Å². The first kappa shape index (κ1) is 32.6. The van der Waals surface area contributed by atoms with Crippen LogP contribution in [0, 0.1) is 5.82 Å². The number of carbonyl (C=O) groups excluding carboxylic acids is 3. The summed E-state index contributed by atoms with van der Waals surface area (Å²) in [6.07, 6.45) is -0.534. The van der Waals surface area contributed by atoms with Crippen LogP contribution in [0.4, 0.5) is 26.2 Å². The molecule has 1 saturated heterocycles. The first-order chi connectivity index (χ1) is 21.9. The molecule has 1 fully saturated rings. The normalized spacial score (nSPS) is 16.3. The molecule has 0 unspecified atom stereocenters. The summed E-state index contributed by atoms with van der Waals surface area (Å²) >= 11 is 0. The molecule has 5 rings (SSSR count). The number of amides is 3. The van der Waals surface area contributed by atoms with Crippen LogP contribution in [0.2, 0.25) is 0 Å². The minimum Gasteiger partial charge on any atom is -0.444 e. The van der Waals surface area contributed by atoms with Crippen molar-refractivity contribution in [3.63, 3.8) is 0 Å². The van der Waals surface area contributed by atoms with Gasteiger partial charge in [-0.2, -0.15) is 0 Å². The molecule has 46 heavy (non-hydrogen) atoms. The topological polar surface area (TPSA) is 106 Å². The highest BCUT2D eigenvalue weighted by Gasteiger charge is 2.29. The van der Waals surface area contributed by atoms with Crippen LogP contribution in [0.5, 0.6) is 0 Å². The Labute approximate surface area is 269 Å². The van der Waals surface area contributed by atoms with Gasteiger partial charge >= 0.3 is 6.09 Å². The van der Waals surface area contributed by atoms with E-state index in [0.717, 1.165) is 37.4 Å². The van der Waals surface area contributed by atoms with E-state index in [-0.39, 0.29) is 18.4 Å². The van der Waals surface area contributed by atoms with Crippen molar-refractivity contribution in [2.75, 3.05) is 62.4 Å². The Morgan fingerprint density at radius 1 is 1.00 bits per heavy atom. The average Bonchev–Trinajstić information content (AvgIpc) is 3.33. The molecular formula is C35H41FN6O4. The van der Waals surface area contributed by atoms with Gasteiger partial charge in [-0.3, -0.25) is 14.5 Å². The fraction of sp³-hybridized carbons (Fsp3) is 0.343. The number of anilines is 3. The van der Waals surface area contributed by atoms with Crippen LogP contribution >= 0.6 is 0 Å². The molecule has 2 aliphatic heterocycles. The second-order valence-corrected chi connectivity index (χ2v) is 12.7. The smallest absolute Gasteiger partial charge is 0.407 e. The third kappa shape index (κ3) is 8.09. The Bertz CT molecular complexity index is 1640. The molecule has 0 atom stereocenters. The predicted octanol–water partition coefficient (Wildman–Crippen LogP) is 4.99. The predicted molar refractivity (Wildman–Crippen MR) is 179 cm³/mol. The number of rotatable bonds is 8. The van der Waals surface area contributed by atoms with Gasteiger partial charge in [0.15, 0.2) is 0 Å². The highest BCUT2D eigenvalue weighted by Crippen LogP contribution is 2.38. The molecule has 0 aromatic heterocycles.